The quantitative estimate of drug-likeness (QED) is 0.547. The van der Waals surface area contributed by atoms with Crippen LogP contribution in [0.4, 0.5) is 11.4 Å². The highest BCUT2D eigenvalue weighted by Gasteiger charge is 2.26. The summed E-state index contributed by atoms with van der Waals surface area (Å²) in [7, 11) is 3.33. The second kappa shape index (κ2) is 10.1. The largest absolute Gasteiger partial charge is 0.493 e. The van der Waals surface area contributed by atoms with Crippen LogP contribution in [0, 0.1) is 0 Å². The van der Waals surface area contributed by atoms with Crippen LogP contribution in [0.25, 0.3) is 0 Å². The minimum absolute atomic E-state index is 0.541. The molecule has 2 aromatic rings. The number of ether oxygens (including phenoxy) is 2. The number of rotatable bonds is 8. The molecule has 0 radical (unpaired) electrons. The third-order valence-electron chi connectivity index (χ3n) is 5.84. The van der Waals surface area contributed by atoms with E-state index in [0.717, 1.165) is 84.8 Å². The molecule has 6 nitrogen and oxygen atoms in total. The molecule has 2 heterocycles. The molecule has 1 fully saturated rings. The van der Waals surface area contributed by atoms with Gasteiger partial charge in [-0.05, 0) is 31.2 Å². The Morgan fingerprint density at radius 2 is 1.61 bits per heavy atom. The van der Waals surface area contributed by atoms with Crippen LogP contribution >= 0.6 is 23.4 Å². The molecule has 2 aliphatic rings. The van der Waals surface area contributed by atoms with Crippen LogP contribution < -0.4 is 14.4 Å². The third kappa shape index (κ3) is 4.95. The van der Waals surface area contributed by atoms with E-state index in [1.54, 1.807) is 26.0 Å². The summed E-state index contributed by atoms with van der Waals surface area (Å²) in [5.41, 5.74) is 2.25. The van der Waals surface area contributed by atoms with Crippen LogP contribution in [-0.4, -0.2) is 76.1 Å². The van der Waals surface area contributed by atoms with Gasteiger partial charge < -0.3 is 24.1 Å². The number of piperazine rings is 1. The van der Waals surface area contributed by atoms with E-state index in [-0.39, 0.29) is 0 Å². The molecule has 31 heavy (non-hydrogen) atoms. The number of methoxy groups -OCH3 is 2. The number of benzene rings is 2. The minimum Gasteiger partial charge on any atom is -0.493 e. The van der Waals surface area contributed by atoms with Crippen molar-refractivity contribution in [1.82, 2.24) is 9.80 Å². The van der Waals surface area contributed by atoms with E-state index in [1.165, 1.54) is 4.90 Å². The Hall–Kier alpha value is -1.93. The van der Waals surface area contributed by atoms with E-state index in [1.807, 2.05) is 12.1 Å². The monoisotopic (exact) mass is 461 g/mol. The van der Waals surface area contributed by atoms with Gasteiger partial charge in [0.15, 0.2) is 11.5 Å². The predicted octanol–water partition coefficient (Wildman–Crippen LogP) is 4.17. The molecule has 0 saturated carbocycles. The lowest BCUT2D eigenvalue weighted by molar-refractivity contribution is -0.109. The fourth-order valence-corrected chi connectivity index (χ4v) is 5.43. The van der Waals surface area contributed by atoms with Gasteiger partial charge in [-0.25, -0.2) is 0 Å². The Bertz CT molecular complexity index is 935. The summed E-state index contributed by atoms with van der Waals surface area (Å²) in [6, 6.07) is 10.2. The van der Waals surface area contributed by atoms with Crippen molar-refractivity contribution < 1.29 is 14.3 Å². The summed E-state index contributed by atoms with van der Waals surface area (Å²) in [5.74, 6) is 1.46. The lowest BCUT2D eigenvalue weighted by Crippen LogP contribution is -2.47. The van der Waals surface area contributed by atoms with E-state index in [2.05, 4.69) is 32.9 Å². The van der Waals surface area contributed by atoms with Gasteiger partial charge in [-0.1, -0.05) is 23.4 Å². The van der Waals surface area contributed by atoms with Crippen LogP contribution in [0.15, 0.2) is 40.1 Å². The van der Waals surface area contributed by atoms with Crippen molar-refractivity contribution in [2.75, 3.05) is 64.9 Å². The first-order valence-electron chi connectivity index (χ1n) is 10.5. The molecule has 8 heteroatoms. The average Bonchev–Trinajstić information content (AvgIpc) is 2.79. The molecule has 0 amide bonds. The van der Waals surface area contributed by atoms with E-state index >= 15 is 0 Å². The molecule has 0 spiro atoms. The number of nitrogens with zero attached hydrogens (tertiary/aromatic N) is 3. The lowest BCUT2D eigenvalue weighted by atomic mass is 10.2. The summed E-state index contributed by atoms with van der Waals surface area (Å²) < 4.78 is 11.1. The van der Waals surface area contributed by atoms with Crippen molar-refractivity contribution in [2.24, 2.45) is 0 Å². The lowest BCUT2D eigenvalue weighted by Gasteiger charge is -2.36. The standard InChI is InChI=1S/C23H28ClN3O3S/c1-29-20-15-19-23(16-21(20)30-2)31-22-5-4-17(24)14-18(22)27(19)7-3-6-25-8-10-26(11-9-25)12-13-28/h4-5,13-16H,3,6-12H2,1-2H3. The van der Waals surface area contributed by atoms with Gasteiger partial charge in [0.1, 0.15) is 6.29 Å². The minimum atomic E-state index is 0.541. The molecule has 0 aliphatic carbocycles. The van der Waals surface area contributed by atoms with E-state index in [9.17, 15) is 4.79 Å². The van der Waals surface area contributed by atoms with Crippen molar-refractivity contribution in [1.29, 1.82) is 0 Å². The zero-order chi connectivity index (χ0) is 21.8. The molecular formula is C23H28ClN3O3S. The van der Waals surface area contributed by atoms with Crippen LogP contribution in [0.2, 0.25) is 5.02 Å². The van der Waals surface area contributed by atoms with Gasteiger partial charge in [0.25, 0.3) is 0 Å². The van der Waals surface area contributed by atoms with Gasteiger partial charge in [0.05, 0.1) is 32.1 Å². The first kappa shape index (κ1) is 22.3. The number of hydrogen-bond acceptors (Lipinski definition) is 7. The van der Waals surface area contributed by atoms with Gasteiger partial charge in [0, 0.05) is 59.7 Å². The van der Waals surface area contributed by atoms with Gasteiger partial charge in [-0.15, -0.1) is 0 Å². The molecule has 0 bridgehead atoms. The SMILES string of the molecule is COc1cc2c(cc1OC)N(CCCN1CCN(CC=O)CC1)c1cc(Cl)ccc1S2. The second-order valence-electron chi connectivity index (χ2n) is 7.70. The zero-order valence-corrected chi connectivity index (χ0v) is 19.5. The molecule has 2 aliphatic heterocycles. The molecule has 2 aromatic carbocycles. The molecule has 4 rings (SSSR count). The van der Waals surface area contributed by atoms with Gasteiger partial charge in [0.2, 0.25) is 0 Å². The van der Waals surface area contributed by atoms with Crippen LogP contribution in [0.3, 0.4) is 0 Å². The highest BCUT2D eigenvalue weighted by atomic mass is 35.5. The number of anilines is 2. The molecule has 0 N–H and O–H groups in total. The Morgan fingerprint density at radius 3 is 2.32 bits per heavy atom. The van der Waals surface area contributed by atoms with Gasteiger partial charge >= 0.3 is 0 Å². The maximum absolute atomic E-state index is 10.7. The molecule has 0 unspecified atom stereocenters. The maximum Gasteiger partial charge on any atom is 0.162 e. The highest BCUT2D eigenvalue weighted by molar-refractivity contribution is 7.99. The molecule has 0 atom stereocenters. The Balaban J connectivity index is 1.51. The third-order valence-corrected chi connectivity index (χ3v) is 7.19. The second-order valence-corrected chi connectivity index (χ2v) is 9.22. The highest BCUT2D eigenvalue weighted by Crippen LogP contribution is 2.51. The maximum atomic E-state index is 10.7. The molecule has 166 valence electrons. The Morgan fingerprint density at radius 1 is 0.935 bits per heavy atom. The van der Waals surface area contributed by atoms with Crippen molar-refractivity contribution in [2.45, 2.75) is 16.2 Å². The number of carbonyl (C=O) groups is 1. The van der Waals surface area contributed by atoms with E-state index in [0.29, 0.717) is 6.54 Å². The van der Waals surface area contributed by atoms with E-state index in [4.69, 9.17) is 21.1 Å². The van der Waals surface area contributed by atoms with Crippen LogP contribution in [0.5, 0.6) is 11.5 Å². The first-order valence-corrected chi connectivity index (χ1v) is 11.7. The molecular weight excluding hydrogens is 434 g/mol. The number of halogens is 1. The van der Waals surface area contributed by atoms with Gasteiger partial charge in [-0.3, -0.25) is 4.90 Å². The number of hydrogen-bond donors (Lipinski definition) is 0. The number of aldehydes is 1. The molecule has 1 saturated heterocycles. The number of carbonyl (C=O) groups excluding carboxylic acids is 1. The van der Waals surface area contributed by atoms with Gasteiger partial charge in [-0.2, -0.15) is 0 Å². The van der Waals surface area contributed by atoms with Crippen molar-refractivity contribution in [3.05, 3.63) is 35.4 Å². The summed E-state index contributed by atoms with van der Waals surface area (Å²) in [5, 5.41) is 0.736. The summed E-state index contributed by atoms with van der Waals surface area (Å²) in [6.07, 6.45) is 2.02. The van der Waals surface area contributed by atoms with Crippen LogP contribution in [0.1, 0.15) is 6.42 Å². The van der Waals surface area contributed by atoms with Crippen molar-refractivity contribution >= 4 is 41.0 Å². The Kier molecular flexibility index (Phi) is 7.27. The van der Waals surface area contributed by atoms with E-state index < -0.39 is 0 Å². The smallest absolute Gasteiger partial charge is 0.162 e. The topological polar surface area (TPSA) is 45.3 Å². The summed E-state index contributed by atoms with van der Waals surface area (Å²) in [6.45, 7) is 6.37. The fraction of sp³-hybridized carbons (Fsp3) is 0.435. The van der Waals surface area contributed by atoms with Crippen molar-refractivity contribution in [3.8, 4) is 11.5 Å². The summed E-state index contributed by atoms with van der Waals surface area (Å²) in [4.78, 5) is 20.1. The predicted molar refractivity (Wildman–Crippen MR) is 126 cm³/mol. The normalized spacial score (nSPS) is 16.5. The fourth-order valence-electron chi connectivity index (χ4n) is 4.17. The molecule has 0 aromatic heterocycles. The number of fused-ring (bicyclic) bond motifs is 2. The average molecular weight is 462 g/mol. The summed E-state index contributed by atoms with van der Waals surface area (Å²) >= 11 is 8.08. The van der Waals surface area contributed by atoms with Crippen LogP contribution in [-0.2, 0) is 4.79 Å². The first-order chi connectivity index (χ1) is 15.1. The zero-order valence-electron chi connectivity index (χ0n) is 18.0. The Labute approximate surface area is 193 Å². The van der Waals surface area contributed by atoms with Crippen molar-refractivity contribution in [3.63, 3.8) is 0 Å².